The molecule has 0 saturated heterocycles. The van der Waals surface area contributed by atoms with Crippen LogP contribution in [0.5, 0.6) is 0 Å². The van der Waals surface area contributed by atoms with Gasteiger partial charge in [-0.15, -0.1) is 0 Å². The van der Waals surface area contributed by atoms with Crippen LogP contribution in [-0.2, 0) is 7.05 Å². The van der Waals surface area contributed by atoms with E-state index in [-0.39, 0.29) is 6.10 Å². The van der Waals surface area contributed by atoms with Crippen molar-refractivity contribution in [1.82, 2.24) is 9.78 Å². The molecule has 1 heterocycles. The van der Waals surface area contributed by atoms with Crippen molar-refractivity contribution in [2.75, 3.05) is 0 Å². The molecule has 2 rings (SSSR count). The fourth-order valence-corrected chi connectivity index (χ4v) is 2.35. The molecule has 1 aliphatic carbocycles. The van der Waals surface area contributed by atoms with E-state index in [9.17, 15) is 5.11 Å². The van der Waals surface area contributed by atoms with Gasteiger partial charge in [-0.3, -0.25) is 4.68 Å². The molecule has 0 bridgehead atoms. The molecule has 0 spiro atoms. The van der Waals surface area contributed by atoms with Gasteiger partial charge in [0.1, 0.15) is 0 Å². The van der Waals surface area contributed by atoms with Gasteiger partial charge in [0.25, 0.3) is 0 Å². The molecule has 1 aliphatic rings. The molecule has 0 radical (unpaired) electrons. The smallest absolute Gasteiger partial charge is 0.0623 e. The Morgan fingerprint density at radius 3 is 2.77 bits per heavy atom. The van der Waals surface area contributed by atoms with Gasteiger partial charge in [-0.1, -0.05) is 6.42 Å². The Labute approximate surface area is 78.4 Å². The second kappa shape index (κ2) is 3.14. The summed E-state index contributed by atoms with van der Waals surface area (Å²) in [6.07, 6.45) is 4.89. The van der Waals surface area contributed by atoms with Crippen molar-refractivity contribution in [2.45, 2.75) is 38.2 Å². The van der Waals surface area contributed by atoms with Crippen molar-refractivity contribution < 1.29 is 5.11 Å². The van der Waals surface area contributed by atoms with Gasteiger partial charge in [0.2, 0.25) is 0 Å². The van der Waals surface area contributed by atoms with Crippen LogP contribution in [0.1, 0.15) is 36.4 Å². The largest absolute Gasteiger partial charge is 0.392 e. The van der Waals surface area contributed by atoms with Gasteiger partial charge in [0.15, 0.2) is 0 Å². The Hall–Kier alpha value is -0.830. The standard InChI is InChI=1S/C10H16N2O/c1-7-6-11-12(2)10(7)8-4-3-5-9(8)13/h6,8-9,13H,3-5H2,1-2H3. The first-order valence-corrected chi connectivity index (χ1v) is 4.86. The van der Waals surface area contributed by atoms with Crippen molar-refractivity contribution in [2.24, 2.45) is 7.05 Å². The number of rotatable bonds is 1. The third-order valence-electron chi connectivity index (χ3n) is 3.01. The maximum absolute atomic E-state index is 9.77. The number of aliphatic hydroxyl groups excluding tert-OH is 1. The van der Waals surface area contributed by atoms with Crippen LogP contribution in [0, 0.1) is 6.92 Å². The Kier molecular flexibility index (Phi) is 2.12. The maximum Gasteiger partial charge on any atom is 0.0623 e. The Morgan fingerprint density at radius 2 is 2.31 bits per heavy atom. The first-order valence-electron chi connectivity index (χ1n) is 4.86. The van der Waals surface area contributed by atoms with E-state index in [1.165, 1.54) is 11.3 Å². The van der Waals surface area contributed by atoms with E-state index in [0.717, 1.165) is 19.3 Å². The third kappa shape index (κ3) is 1.37. The molecule has 1 N–H and O–H groups in total. The summed E-state index contributed by atoms with van der Waals surface area (Å²) in [6.45, 7) is 2.06. The van der Waals surface area contributed by atoms with E-state index in [4.69, 9.17) is 0 Å². The van der Waals surface area contributed by atoms with E-state index in [2.05, 4.69) is 12.0 Å². The quantitative estimate of drug-likeness (QED) is 0.708. The lowest BCUT2D eigenvalue weighted by Gasteiger charge is -2.15. The number of nitrogens with zero attached hydrogens (tertiary/aromatic N) is 2. The SMILES string of the molecule is Cc1cnn(C)c1C1CCCC1O. The summed E-state index contributed by atoms with van der Waals surface area (Å²) in [7, 11) is 1.95. The highest BCUT2D eigenvalue weighted by Crippen LogP contribution is 2.35. The van der Waals surface area contributed by atoms with Crippen LogP contribution in [0.15, 0.2) is 6.20 Å². The van der Waals surface area contributed by atoms with E-state index in [1.54, 1.807) is 0 Å². The summed E-state index contributed by atoms with van der Waals surface area (Å²) in [4.78, 5) is 0. The second-order valence-electron chi connectivity index (χ2n) is 3.94. The molecule has 1 saturated carbocycles. The molecular weight excluding hydrogens is 164 g/mol. The molecule has 0 amide bonds. The number of hydrogen-bond acceptors (Lipinski definition) is 2. The molecule has 2 atom stereocenters. The number of aliphatic hydroxyl groups is 1. The molecule has 2 unspecified atom stereocenters. The van der Waals surface area contributed by atoms with E-state index in [1.807, 2.05) is 17.9 Å². The molecule has 1 aromatic rings. The first-order chi connectivity index (χ1) is 6.20. The fourth-order valence-electron chi connectivity index (χ4n) is 2.35. The van der Waals surface area contributed by atoms with Crippen molar-refractivity contribution in [3.8, 4) is 0 Å². The van der Waals surface area contributed by atoms with Crippen molar-refractivity contribution in [3.63, 3.8) is 0 Å². The Balaban J connectivity index is 2.33. The summed E-state index contributed by atoms with van der Waals surface area (Å²) in [5, 5.41) is 14.0. The van der Waals surface area contributed by atoms with Crippen LogP contribution >= 0.6 is 0 Å². The first kappa shape index (κ1) is 8.75. The molecule has 72 valence electrons. The van der Waals surface area contributed by atoms with Gasteiger partial charge in [-0.25, -0.2) is 0 Å². The predicted molar refractivity (Wildman–Crippen MR) is 50.5 cm³/mol. The lowest BCUT2D eigenvalue weighted by Crippen LogP contribution is -2.15. The second-order valence-corrected chi connectivity index (χ2v) is 3.94. The Morgan fingerprint density at radius 1 is 1.54 bits per heavy atom. The molecule has 0 aromatic carbocycles. The zero-order valence-electron chi connectivity index (χ0n) is 8.20. The van der Waals surface area contributed by atoms with Crippen LogP contribution in [0.25, 0.3) is 0 Å². The van der Waals surface area contributed by atoms with Gasteiger partial charge in [0.05, 0.1) is 12.3 Å². The Bertz CT molecular complexity index is 286. The van der Waals surface area contributed by atoms with Gasteiger partial charge in [-0.05, 0) is 25.3 Å². The molecular formula is C10H16N2O. The van der Waals surface area contributed by atoms with E-state index >= 15 is 0 Å². The zero-order valence-corrected chi connectivity index (χ0v) is 8.20. The lowest BCUT2D eigenvalue weighted by molar-refractivity contribution is 0.160. The van der Waals surface area contributed by atoms with Gasteiger partial charge in [-0.2, -0.15) is 5.10 Å². The zero-order chi connectivity index (χ0) is 9.42. The van der Waals surface area contributed by atoms with Gasteiger partial charge >= 0.3 is 0 Å². The van der Waals surface area contributed by atoms with Crippen molar-refractivity contribution in [1.29, 1.82) is 0 Å². The topological polar surface area (TPSA) is 38.0 Å². The van der Waals surface area contributed by atoms with E-state index in [0.29, 0.717) is 5.92 Å². The average molecular weight is 180 g/mol. The van der Waals surface area contributed by atoms with Crippen molar-refractivity contribution in [3.05, 3.63) is 17.5 Å². The summed E-state index contributed by atoms with van der Waals surface area (Å²) in [5.74, 6) is 0.312. The normalized spacial score (nSPS) is 28.2. The highest BCUT2D eigenvalue weighted by atomic mass is 16.3. The minimum absolute atomic E-state index is 0.158. The molecule has 13 heavy (non-hydrogen) atoms. The third-order valence-corrected chi connectivity index (χ3v) is 3.01. The number of aryl methyl sites for hydroxylation is 2. The lowest BCUT2D eigenvalue weighted by atomic mass is 9.99. The highest BCUT2D eigenvalue weighted by molar-refractivity contribution is 5.22. The van der Waals surface area contributed by atoms with Crippen LogP contribution in [-0.4, -0.2) is 21.0 Å². The minimum Gasteiger partial charge on any atom is -0.392 e. The van der Waals surface area contributed by atoms with Crippen LogP contribution in [0.3, 0.4) is 0 Å². The average Bonchev–Trinajstić information content (AvgIpc) is 2.60. The summed E-state index contributed by atoms with van der Waals surface area (Å²) in [6, 6.07) is 0. The summed E-state index contributed by atoms with van der Waals surface area (Å²) in [5.41, 5.74) is 2.42. The monoisotopic (exact) mass is 180 g/mol. The summed E-state index contributed by atoms with van der Waals surface area (Å²) >= 11 is 0. The van der Waals surface area contributed by atoms with Gasteiger partial charge in [0, 0.05) is 18.7 Å². The fraction of sp³-hybridized carbons (Fsp3) is 0.700. The maximum atomic E-state index is 9.77. The highest BCUT2D eigenvalue weighted by Gasteiger charge is 2.29. The molecule has 1 aromatic heterocycles. The molecule has 0 aliphatic heterocycles. The van der Waals surface area contributed by atoms with Crippen molar-refractivity contribution >= 4 is 0 Å². The van der Waals surface area contributed by atoms with Crippen LogP contribution in [0.4, 0.5) is 0 Å². The van der Waals surface area contributed by atoms with E-state index < -0.39 is 0 Å². The van der Waals surface area contributed by atoms with Crippen LogP contribution < -0.4 is 0 Å². The molecule has 3 nitrogen and oxygen atoms in total. The molecule has 3 heteroatoms. The molecule has 1 fully saturated rings. The summed E-state index contributed by atoms with van der Waals surface area (Å²) < 4.78 is 1.90. The number of hydrogen-bond donors (Lipinski definition) is 1. The minimum atomic E-state index is -0.158. The van der Waals surface area contributed by atoms with Crippen LogP contribution in [0.2, 0.25) is 0 Å². The number of aromatic nitrogens is 2. The van der Waals surface area contributed by atoms with Gasteiger partial charge < -0.3 is 5.11 Å². The predicted octanol–water partition coefficient (Wildman–Crippen LogP) is 1.36.